The van der Waals surface area contributed by atoms with Gasteiger partial charge in [-0.3, -0.25) is 0 Å². The number of furan rings is 1. The average molecular weight is 785 g/mol. The van der Waals surface area contributed by atoms with E-state index < -0.39 is 0 Å². The van der Waals surface area contributed by atoms with Crippen molar-refractivity contribution in [2.75, 3.05) is 45.6 Å². The van der Waals surface area contributed by atoms with Gasteiger partial charge in [0.1, 0.15) is 23.8 Å². The van der Waals surface area contributed by atoms with Gasteiger partial charge < -0.3 is 38.6 Å². The van der Waals surface area contributed by atoms with Crippen LogP contribution in [0.4, 0.5) is 5.69 Å². The van der Waals surface area contributed by atoms with Gasteiger partial charge in [-0.1, -0.05) is 72.3 Å². The third kappa shape index (κ3) is 8.36. The zero-order valence-corrected chi connectivity index (χ0v) is 34.0. The van der Waals surface area contributed by atoms with Crippen LogP contribution in [-0.2, 0) is 29.0 Å². The number of aryl methyl sites for hydroxylation is 3. The average Bonchev–Trinajstić information content (AvgIpc) is 3.94. The number of imidazole rings is 1. The van der Waals surface area contributed by atoms with E-state index in [1.54, 1.807) is 0 Å². The number of benzene rings is 3. The minimum atomic E-state index is -0.122. The van der Waals surface area contributed by atoms with Crippen molar-refractivity contribution in [2.45, 2.75) is 76.5 Å². The Labute approximate surface area is 341 Å². The summed E-state index contributed by atoms with van der Waals surface area (Å²) in [7, 11) is 4.37. The molecule has 0 saturated carbocycles. The summed E-state index contributed by atoms with van der Waals surface area (Å²) in [6.07, 6.45) is 7.76. The Balaban J connectivity index is 0.000000148. The molecule has 0 aliphatic carbocycles. The van der Waals surface area contributed by atoms with Crippen molar-refractivity contribution in [1.29, 1.82) is 0 Å². The summed E-state index contributed by atoms with van der Waals surface area (Å²) in [6.45, 7) is 8.04. The number of nitrogens with zero attached hydrogens (tertiary/aromatic N) is 4. The first-order chi connectivity index (χ1) is 27.8. The maximum absolute atomic E-state index is 6.75. The van der Waals surface area contributed by atoms with Gasteiger partial charge in [-0.15, -0.1) is 0 Å². The zero-order chi connectivity index (χ0) is 38.9. The molecule has 57 heavy (non-hydrogen) atoms. The lowest BCUT2D eigenvalue weighted by Crippen LogP contribution is -2.35. The monoisotopic (exact) mass is 784 g/mol. The molecule has 6 aromatic rings. The number of anilines is 1. The summed E-state index contributed by atoms with van der Waals surface area (Å²) in [5.41, 5.74) is 10.4. The Bertz CT molecular complexity index is 2280. The molecule has 4 aliphatic heterocycles. The Morgan fingerprint density at radius 1 is 0.737 bits per heavy atom. The van der Waals surface area contributed by atoms with Crippen molar-refractivity contribution in [3.8, 4) is 22.7 Å². The van der Waals surface area contributed by atoms with Crippen LogP contribution < -0.4 is 5.32 Å². The van der Waals surface area contributed by atoms with E-state index >= 15 is 0 Å². The summed E-state index contributed by atoms with van der Waals surface area (Å²) < 4.78 is 21.6. The number of aromatic nitrogens is 3. The smallest absolute Gasteiger partial charge is 0.150 e. The maximum atomic E-state index is 6.75. The number of H-pyrrole nitrogens is 1. The van der Waals surface area contributed by atoms with E-state index in [0.717, 1.165) is 122 Å². The van der Waals surface area contributed by atoms with E-state index in [-0.39, 0.29) is 24.4 Å². The molecule has 0 amide bonds. The molecular formula is C47H53ClN6O3. The molecular weight excluding hydrogens is 732 g/mol. The summed E-state index contributed by atoms with van der Waals surface area (Å²) in [5, 5.41) is 4.33. The fourth-order valence-electron chi connectivity index (χ4n) is 8.71. The Morgan fingerprint density at radius 3 is 2.04 bits per heavy atom. The number of hydrogen-bond donors (Lipinski definition) is 2. The summed E-state index contributed by atoms with van der Waals surface area (Å²) in [5.74, 6) is 2.79. The largest absolute Gasteiger partial charge is 0.460 e. The third-order valence-electron chi connectivity index (χ3n) is 12.1. The molecule has 4 aliphatic rings. The van der Waals surface area contributed by atoms with Crippen molar-refractivity contribution in [3.63, 3.8) is 0 Å². The standard InChI is InChI=1S/C24H26ClN3O.C23H27N3O2/c1-27-13-11-20(12-14-27)29-23-21-5-3-2-4-17(21)10-15-28-16-22(26-24(23)28)18-6-8-19(25)9-7-18;1-15-7-8-21(27-15)19-13-20-22(25-19)23(28-17-9-11-26(2)12-10-17)18-6-4-3-5-16(18)14-24-20/h2-9,16,20,23H,10-15H2,1H3;3-8,13,17,23-25H,9-12,14H2,1-2H3. The molecule has 3 aromatic heterocycles. The Hall–Kier alpha value is -4.64. The van der Waals surface area contributed by atoms with E-state index in [1.165, 1.54) is 22.3 Å². The highest BCUT2D eigenvalue weighted by atomic mass is 35.5. The molecule has 2 N–H and O–H groups in total. The van der Waals surface area contributed by atoms with E-state index in [9.17, 15) is 0 Å². The highest BCUT2D eigenvalue weighted by Crippen LogP contribution is 2.41. The number of hydrogen-bond acceptors (Lipinski definition) is 7. The Morgan fingerprint density at radius 2 is 1.37 bits per heavy atom. The second-order valence-corrected chi connectivity index (χ2v) is 16.6. The van der Waals surface area contributed by atoms with Gasteiger partial charge in [0.25, 0.3) is 0 Å². The lowest BCUT2D eigenvalue weighted by Gasteiger charge is -2.32. The fourth-order valence-corrected chi connectivity index (χ4v) is 8.84. The van der Waals surface area contributed by atoms with E-state index in [4.69, 9.17) is 30.5 Å². The third-order valence-corrected chi connectivity index (χ3v) is 12.3. The predicted octanol–water partition coefficient (Wildman–Crippen LogP) is 9.67. The lowest BCUT2D eigenvalue weighted by molar-refractivity contribution is -0.0275. The molecule has 2 unspecified atom stereocenters. The van der Waals surface area contributed by atoms with Crippen molar-refractivity contribution >= 4 is 17.3 Å². The summed E-state index contributed by atoms with van der Waals surface area (Å²) in [6, 6.07) is 31.3. The van der Waals surface area contributed by atoms with Gasteiger partial charge in [-0.25, -0.2) is 4.98 Å². The second kappa shape index (κ2) is 16.7. The summed E-state index contributed by atoms with van der Waals surface area (Å²) >= 11 is 6.07. The van der Waals surface area contributed by atoms with E-state index in [0.29, 0.717) is 0 Å². The fraction of sp³-hybridized carbons (Fsp3) is 0.383. The van der Waals surface area contributed by atoms with E-state index in [2.05, 4.69) is 99.6 Å². The van der Waals surface area contributed by atoms with Crippen molar-refractivity contribution < 1.29 is 13.9 Å². The normalized spacial score (nSPS) is 20.2. The molecule has 10 heteroatoms. The summed E-state index contributed by atoms with van der Waals surface area (Å²) in [4.78, 5) is 13.4. The minimum Gasteiger partial charge on any atom is -0.460 e. The molecule has 0 radical (unpaired) electrons. The van der Waals surface area contributed by atoms with Crippen LogP contribution in [0, 0.1) is 6.92 Å². The highest BCUT2D eigenvalue weighted by molar-refractivity contribution is 6.30. The molecule has 2 fully saturated rings. The topological polar surface area (TPSA) is 83.7 Å². The van der Waals surface area contributed by atoms with Crippen LogP contribution in [0.25, 0.3) is 22.7 Å². The van der Waals surface area contributed by atoms with Crippen molar-refractivity contribution in [3.05, 3.63) is 142 Å². The van der Waals surface area contributed by atoms with Gasteiger partial charge >= 0.3 is 0 Å². The van der Waals surface area contributed by atoms with Crippen LogP contribution >= 0.6 is 11.6 Å². The van der Waals surface area contributed by atoms with Crippen LogP contribution in [0.1, 0.15) is 77.4 Å². The first kappa shape index (κ1) is 37.9. The molecule has 2 saturated heterocycles. The number of rotatable bonds is 6. The highest BCUT2D eigenvalue weighted by Gasteiger charge is 2.32. The van der Waals surface area contributed by atoms with E-state index in [1.807, 2.05) is 43.3 Å². The molecule has 2 atom stereocenters. The van der Waals surface area contributed by atoms with Gasteiger partial charge in [-0.05, 0) is 106 Å². The molecule has 10 rings (SSSR count). The molecule has 3 aromatic carbocycles. The zero-order valence-electron chi connectivity index (χ0n) is 33.2. The quantitative estimate of drug-likeness (QED) is 0.174. The van der Waals surface area contributed by atoms with Gasteiger partial charge in [0.2, 0.25) is 0 Å². The maximum Gasteiger partial charge on any atom is 0.150 e. The van der Waals surface area contributed by atoms with Crippen molar-refractivity contribution in [1.82, 2.24) is 24.3 Å². The number of aromatic amines is 1. The van der Waals surface area contributed by atoms with Crippen LogP contribution in [0.3, 0.4) is 0 Å². The number of piperidine rings is 2. The predicted molar refractivity (Wildman–Crippen MR) is 227 cm³/mol. The Kier molecular flexibility index (Phi) is 11.1. The van der Waals surface area contributed by atoms with Gasteiger partial charge in [0.15, 0.2) is 5.76 Å². The SMILES string of the molecule is CN1CCC(OC2c3ccccc3CCn3cc(-c4ccc(Cl)cc4)nc32)CC1.Cc1ccc(-c2cc3c([nH]2)C(OC2CCN(C)CC2)c2ccccc2CN3)o1. The molecule has 9 nitrogen and oxygen atoms in total. The second-order valence-electron chi connectivity index (χ2n) is 16.1. The number of halogens is 1. The van der Waals surface area contributed by atoms with Crippen LogP contribution in [0.5, 0.6) is 0 Å². The lowest BCUT2D eigenvalue weighted by atomic mass is 10.00. The van der Waals surface area contributed by atoms with Gasteiger partial charge in [0.05, 0.1) is 35.0 Å². The van der Waals surface area contributed by atoms with Crippen LogP contribution in [-0.4, -0.2) is 76.8 Å². The van der Waals surface area contributed by atoms with Gasteiger partial charge in [-0.2, -0.15) is 0 Å². The number of ether oxygens (including phenoxy) is 2. The number of likely N-dealkylation sites (tertiary alicyclic amines) is 2. The molecule has 0 spiro atoms. The molecule has 7 heterocycles. The van der Waals surface area contributed by atoms with Gasteiger partial charge in [0, 0.05) is 56.1 Å². The van der Waals surface area contributed by atoms with Crippen LogP contribution in [0.15, 0.2) is 102 Å². The van der Waals surface area contributed by atoms with Crippen LogP contribution in [0.2, 0.25) is 5.02 Å². The number of fused-ring (bicyclic) bond motifs is 4. The minimum absolute atomic E-state index is 0.0978. The van der Waals surface area contributed by atoms with Crippen molar-refractivity contribution in [2.24, 2.45) is 0 Å². The molecule has 296 valence electrons. The number of nitrogens with one attached hydrogen (secondary N) is 2. The first-order valence-corrected chi connectivity index (χ1v) is 20.9. The molecule has 0 bridgehead atoms. The first-order valence-electron chi connectivity index (χ1n) is 20.5.